The first-order valence-corrected chi connectivity index (χ1v) is 9.01. The third-order valence-electron chi connectivity index (χ3n) is 4.94. The average molecular weight is 388 g/mol. The molecule has 1 saturated heterocycles. The van der Waals surface area contributed by atoms with Crippen molar-refractivity contribution in [2.24, 2.45) is 0 Å². The Morgan fingerprint density at radius 1 is 1.20 bits per heavy atom. The van der Waals surface area contributed by atoms with Gasteiger partial charge in [-0.25, -0.2) is 4.98 Å². The van der Waals surface area contributed by atoms with Gasteiger partial charge in [0.15, 0.2) is 6.23 Å². The molecule has 0 radical (unpaired) electrons. The molecule has 1 aromatic heterocycles. The quantitative estimate of drug-likeness (QED) is 0.639. The summed E-state index contributed by atoms with van der Waals surface area (Å²) in [5, 5.41) is 34.0. The maximum atomic E-state index is 10.4. The van der Waals surface area contributed by atoms with Crippen LogP contribution in [-0.4, -0.2) is 55.8 Å². The standard InChI is InChI=1S/C16H19Cl2N3O4/c17-8-4-10-11(5-9(8)18)21(16(20-10)19-7-2-1-3-7)15-14(24)13(23)12(6-22)25-15/h4-5,7,12-15,22-24H,1-3,6H2,(H,19,20)/t12-,13-,14-,15-/m0/s1. The lowest BCUT2D eigenvalue weighted by molar-refractivity contribution is -0.0500. The monoisotopic (exact) mass is 387 g/mol. The first-order valence-electron chi connectivity index (χ1n) is 8.25. The van der Waals surface area contributed by atoms with Crippen LogP contribution in [0.3, 0.4) is 0 Å². The van der Waals surface area contributed by atoms with Crippen molar-refractivity contribution in [3.63, 3.8) is 0 Å². The Morgan fingerprint density at radius 2 is 1.92 bits per heavy atom. The molecule has 0 amide bonds. The summed E-state index contributed by atoms with van der Waals surface area (Å²) >= 11 is 12.2. The van der Waals surface area contributed by atoms with E-state index < -0.39 is 24.5 Å². The van der Waals surface area contributed by atoms with Gasteiger partial charge in [0.25, 0.3) is 0 Å². The summed E-state index contributed by atoms with van der Waals surface area (Å²) in [6.45, 7) is -0.390. The predicted octanol–water partition coefficient (Wildman–Crippen LogP) is 1.92. The largest absolute Gasteiger partial charge is 0.394 e. The maximum Gasteiger partial charge on any atom is 0.206 e. The maximum absolute atomic E-state index is 10.4. The van der Waals surface area contributed by atoms with Crippen LogP contribution in [0.2, 0.25) is 10.0 Å². The Balaban J connectivity index is 1.81. The summed E-state index contributed by atoms with van der Waals surface area (Å²) in [5.41, 5.74) is 1.24. The summed E-state index contributed by atoms with van der Waals surface area (Å²) in [6.07, 6.45) is -0.906. The molecule has 2 aliphatic rings. The highest BCUT2D eigenvalue weighted by molar-refractivity contribution is 6.42. The Hall–Kier alpha value is -1.09. The van der Waals surface area contributed by atoms with E-state index in [1.54, 1.807) is 16.7 Å². The van der Waals surface area contributed by atoms with Crippen molar-refractivity contribution in [3.8, 4) is 0 Å². The summed E-state index contributed by atoms with van der Waals surface area (Å²) in [6, 6.07) is 3.62. The fourth-order valence-corrected chi connectivity index (χ4v) is 3.59. The van der Waals surface area contributed by atoms with Crippen LogP contribution in [-0.2, 0) is 4.74 Å². The van der Waals surface area contributed by atoms with Crippen molar-refractivity contribution in [3.05, 3.63) is 22.2 Å². The van der Waals surface area contributed by atoms with Crippen molar-refractivity contribution >= 4 is 40.2 Å². The van der Waals surface area contributed by atoms with E-state index >= 15 is 0 Å². The highest BCUT2D eigenvalue weighted by Crippen LogP contribution is 2.38. The zero-order chi connectivity index (χ0) is 17.7. The van der Waals surface area contributed by atoms with Crippen LogP contribution in [0, 0.1) is 0 Å². The minimum Gasteiger partial charge on any atom is -0.394 e. The molecule has 0 unspecified atom stereocenters. The molecule has 2 heterocycles. The van der Waals surface area contributed by atoms with Crippen LogP contribution in [0.1, 0.15) is 25.5 Å². The van der Waals surface area contributed by atoms with Crippen LogP contribution < -0.4 is 5.32 Å². The Bertz CT molecular complexity index is 795. The van der Waals surface area contributed by atoms with Gasteiger partial charge in [-0.3, -0.25) is 4.57 Å². The van der Waals surface area contributed by atoms with E-state index in [-0.39, 0.29) is 6.61 Å². The van der Waals surface area contributed by atoms with E-state index in [0.717, 1.165) is 19.3 Å². The molecule has 9 heteroatoms. The Morgan fingerprint density at radius 3 is 2.52 bits per heavy atom. The lowest BCUT2D eigenvalue weighted by Crippen LogP contribution is -2.34. The normalized spacial score (nSPS) is 30.0. The van der Waals surface area contributed by atoms with E-state index in [1.165, 1.54) is 0 Å². The summed E-state index contributed by atoms with van der Waals surface area (Å²) in [4.78, 5) is 4.56. The molecular formula is C16H19Cl2N3O4. The highest BCUT2D eigenvalue weighted by Gasteiger charge is 2.44. The second-order valence-corrected chi connectivity index (χ2v) is 7.38. The van der Waals surface area contributed by atoms with Gasteiger partial charge in [-0.2, -0.15) is 0 Å². The van der Waals surface area contributed by atoms with Crippen molar-refractivity contribution in [1.29, 1.82) is 0 Å². The highest BCUT2D eigenvalue weighted by atomic mass is 35.5. The first-order chi connectivity index (χ1) is 12.0. The van der Waals surface area contributed by atoms with Gasteiger partial charge in [-0.1, -0.05) is 23.2 Å². The molecule has 1 aliphatic heterocycles. The van der Waals surface area contributed by atoms with E-state index in [4.69, 9.17) is 27.9 Å². The number of hydrogen-bond donors (Lipinski definition) is 4. The molecule has 136 valence electrons. The number of rotatable bonds is 4. The van der Waals surface area contributed by atoms with Crippen LogP contribution in [0.25, 0.3) is 11.0 Å². The van der Waals surface area contributed by atoms with Gasteiger partial charge in [0.1, 0.15) is 18.3 Å². The summed E-state index contributed by atoms with van der Waals surface area (Å²) < 4.78 is 7.37. The lowest BCUT2D eigenvalue weighted by atomic mass is 9.93. The lowest BCUT2D eigenvalue weighted by Gasteiger charge is -2.28. The zero-order valence-corrected chi connectivity index (χ0v) is 14.8. The third-order valence-corrected chi connectivity index (χ3v) is 5.66. The van der Waals surface area contributed by atoms with E-state index in [0.29, 0.717) is 33.1 Å². The van der Waals surface area contributed by atoms with E-state index in [9.17, 15) is 15.3 Å². The second-order valence-electron chi connectivity index (χ2n) is 6.56. The van der Waals surface area contributed by atoms with Gasteiger partial charge in [0.2, 0.25) is 5.95 Å². The minimum atomic E-state index is -1.20. The minimum absolute atomic E-state index is 0.304. The number of nitrogens with one attached hydrogen (secondary N) is 1. The number of nitrogens with zero attached hydrogens (tertiary/aromatic N) is 2. The molecule has 0 spiro atoms. The number of hydrogen-bond acceptors (Lipinski definition) is 6. The van der Waals surface area contributed by atoms with Crippen molar-refractivity contribution in [2.45, 2.75) is 49.8 Å². The molecule has 25 heavy (non-hydrogen) atoms. The molecule has 4 N–H and O–H groups in total. The van der Waals surface area contributed by atoms with Gasteiger partial charge in [0, 0.05) is 6.04 Å². The number of benzene rings is 1. The van der Waals surface area contributed by atoms with Crippen LogP contribution >= 0.6 is 23.2 Å². The average Bonchev–Trinajstić information content (AvgIpc) is 3.02. The van der Waals surface area contributed by atoms with E-state index in [1.807, 2.05) is 0 Å². The number of imidazole rings is 1. The second kappa shape index (κ2) is 6.57. The number of aliphatic hydroxyl groups is 3. The van der Waals surface area contributed by atoms with Gasteiger partial charge >= 0.3 is 0 Å². The third kappa shape index (κ3) is 2.89. The number of halogens is 2. The Kier molecular flexibility index (Phi) is 4.56. The molecule has 1 aliphatic carbocycles. The molecular weight excluding hydrogens is 369 g/mol. The number of anilines is 1. The molecule has 4 rings (SSSR count). The molecule has 7 nitrogen and oxygen atoms in total. The molecule has 1 saturated carbocycles. The molecule has 2 fully saturated rings. The fraction of sp³-hybridized carbons (Fsp3) is 0.562. The van der Waals surface area contributed by atoms with Crippen LogP contribution in [0.4, 0.5) is 5.95 Å². The number of aliphatic hydroxyl groups excluding tert-OH is 3. The van der Waals surface area contributed by atoms with Gasteiger partial charge in [0.05, 0.1) is 27.7 Å². The van der Waals surface area contributed by atoms with E-state index in [2.05, 4.69) is 10.3 Å². The number of ether oxygens (including phenoxy) is 1. The van der Waals surface area contributed by atoms with Gasteiger partial charge in [-0.15, -0.1) is 0 Å². The fourth-order valence-electron chi connectivity index (χ4n) is 3.28. The van der Waals surface area contributed by atoms with Crippen molar-refractivity contribution in [1.82, 2.24) is 9.55 Å². The Labute approximate surface area is 154 Å². The zero-order valence-electron chi connectivity index (χ0n) is 13.3. The molecule has 4 atom stereocenters. The first kappa shape index (κ1) is 17.3. The summed E-state index contributed by atoms with van der Waals surface area (Å²) in [5.74, 6) is 0.521. The van der Waals surface area contributed by atoms with Crippen LogP contribution in [0.5, 0.6) is 0 Å². The number of fused-ring (bicyclic) bond motifs is 1. The molecule has 2 aromatic rings. The van der Waals surface area contributed by atoms with Crippen LogP contribution in [0.15, 0.2) is 12.1 Å². The van der Waals surface area contributed by atoms with Gasteiger partial charge in [-0.05, 0) is 31.4 Å². The topological polar surface area (TPSA) is 99.8 Å². The van der Waals surface area contributed by atoms with Gasteiger partial charge < -0.3 is 25.4 Å². The number of aromatic nitrogens is 2. The predicted molar refractivity (Wildman–Crippen MR) is 94.0 cm³/mol. The molecule has 1 aromatic carbocycles. The SMILES string of the molecule is OC[C@@H]1O[C@H](n2c(NC3CCC3)nc3cc(Cl)c(Cl)cc32)[C@@H](O)[C@H]1O. The van der Waals surface area contributed by atoms with Crippen molar-refractivity contribution in [2.75, 3.05) is 11.9 Å². The molecule has 0 bridgehead atoms. The van der Waals surface area contributed by atoms with Crippen molar-refractivity contribution < 1.29 is 20.1 Å². The smallest absolute Gasteiger partial charge is 0.206 e. The summed E-state index contributed by atoms with van der Waals surface area (Å²) in [7, 11) is 0.